The Morgan fingerprint density at radius 3 is 2.73 bits per heavy atom. The summed E-state index contributed by atoms with van der Waals surface area (Å²) < 4.78 is 0. The lowest BCUT2D eigenvalue weighted by molar-refractivity contribution is -0.117. The van der Waals surface area contributed by atoms with Crippen molar-refractivity contribution in [3.8, 4) is 0 Å². The van der Waals surface area contributed by atoms with E-state index >= 15 is 0 Å². The van der Waals surface area contributed by atoms with Gasteiger partial charge in [-0.25, -0.2) is 4.98 Å². The second kappa shape index (κ2) is 3.96. The van der Waals surface area contributed by atoms with Crippen molar-refractivity contribution in [3.05, 3.63) is 22.3 Å². The number of nitrogens with two attached hydrogens (primary N) is 1. The van der Waals surface area contributed by atoms with Gasteiger partial charge in [0.2, 0.25) is 5.91 Å². The molecule has 0 saturated carbocycles. The van der Waals surface area contributed by atoms with Crippen molar-refractivity contribution in [2.24, 2.45) is 5.73 Å². The fraction of sp³-hybridized carbons (Fsp3) is 0.333. The van der Waals surface area contributed by atoms with Gasteiger partial charge in [-0.2, -0.15) is 0 Å². The van der Waals surface area contributed by atoms with Crippen LogP contribution in [0.15, 0.2) is 12.1 Å². The molecule has 1 aliphatic heterocycles. The minimum atomic E-state index is -0.142. The zero-order chi connectivity index (χ0) is 11.0. The smallest absolute Gasteiger partial charge is 0.229 e. The van der Waals surface area contributed by atoms with Crippen molar-refractivity contribution >= 4 is 34.9 Å². The molecular weight excluding hydrogens is 237 g/mol. The van der Waals surface area contributed by atoms with E-state index in [0.29, 0.717) is 23.8 Å². The zero-order valence-corrected chi connectivity index (χ0v) is 9.29. The number of hydrogen-bond donors (Lipinski definition) is 1. The molecule has 2 heterocycles. The highest BCUT2D eigenvalue weighted by atomic mass is 35.5. The molecule has 1 unspecified atom stereocenters. The Bertz CT molecular complexity index is 390. The Balaban J connectivity index is 2.33. The van der Waals surface area contributed by atoms with Crippen molar-refractivity contribution < 1.29 is 4.79 Å². The summed E-state index contributed by atoms with van der Waals surface area (Å²) in [6.45, 7) is 0.461. The lowest BCUT2D eigenvalue weighted by atomic mass is 10.3. The van der Waals surface area contributed by atoms with E-state index < -0.39 is 0 Å². The first-order valence-corrected chi connectivity index (χ1v) is 5.21. The normalized spacial score (nSPS) is 21.1. The minimum absolute atomic E-state index is 0.0478. The van der Waals surface area contributed by atoms with Gasteiger partial charge in [0.1, 0.15) is 11.0 Å². The first-order chi connectivity index (χ1) is 7.06. The Labute approximate surface area is 97.0 Å². The molecule has 4 nitrogen and oxygen atoms in total. The molecule has 1 aliphatic rings. The summed E-state index contributed by atoms with van der Waals surface area (Å²) in [7, 11) is 0. The van der Waals surface area contributed by atoms with Crippen LogP contribution in [0, 0.1) is 0 Å². The molecule has 0 spiro atoms. The number of halogens is 2. The molecule has 1 aromatic heterocycles. The summed E-state index contributed by atoms with van der Waals surface area (Å²) in [5, 5.41) is 0.726. The second-order valence-electron chi connectivity index (χ2n) is 3.43. The Hall–Kier alpha value is -0.840. The van der Waals surface area contributed by atoms with Gasteiger partial charge in [-0.05, 0) is 12.1 Å². The number of aromatic nitrogens is 1. The predicted octanol–water partition coefficient (Wildman–Crippen LogP) is 1.45. The molecule has 0 aromatic carbocycles. The highest BCUT2D eigenvalue weighted by Crippen LogP contribution is 2.24. The topological polar surface area (TPSA) is 59.2 Å². The van der Waals surface area contributed by atoms with Crippen LogP contribution in [0.3, 0.4) is 0 Å². The van der Waals surface area contributed by atoms with Gasteiger partial charge < -0.3 is 5.73 Å². The lowest BCUT2D eigenvalue weighted by Crippen LogP contribution is -2.28. The highest BCUT2D eigenvalue weighted by molar-refractivity contribution is 6.34. The maximum Gasteiger partial charge on any atom is 0.229 e. The highest BCUT2D eigenvalue weighted by Gasteiger charge is 2.29. The molecule has 2 N–H and O–H groups in total. The first kappa shape index (κ1) is 10.7. The predicted molar refractivity (Wildman–Crippen MR) is 59.2 cm³/mol. The van der Waals surface area contributed by atoms with Crippen LogP contribution in [0.4, 0.5) is 5.82 Å². The number of anilines is 1. The first-order valence-electron chi connectivity index (χ1n) is 4.45. The number of hydrogen-bond acceptors (Lipinski definition) is 3. The molecule has 15 heavy (non-hydrogen) atoms. The SMILES string of the molecule is NC1CC(=O)N(c2cc(Cl)cc(Cl)n2)C1. The Morgan fingerprint density at radius 1 is 1.47 bits per heavy atom. The Morgan fingerprint density at radius 2 is 2.20 bits per heavy atom. The van der Waals surface area contributed by atoms with E-state index in [1.165, 1.54) is 11.0 Å². The van der Waals surface area contributed by atoms with Gasteiger partial charge in [0, 0.05) is 24.0 Å². The van der Waals surface area contributed by atoms with Crippen LogP contribution in [-0.4, -0.2) is 23.5 Å². The third kappa shape index (κ3) is 2.22. The number of pyridine rings is 1. The fourth-order valence-corrected chi connectivity index (χ4v) is 2.01. The molecule has 0 radical (unpaired) electrons. The average Bonchev–Trinajstić information content (AvgIpc) is 2.43. The molecule has 6 heteroatoms. The van der Waals surface area contributed by atoms with E-state index in [1.54, 1.807) is 6.07 Å². The molecule has 1 aromatic rings. The van der Waals surface area contributed by atoms with Crippen LogP contribution in [0.2, 0.25) is 10.2 Å². The van der Waals surface area contributed by atoms with Gasteiger partial charge in [0.05, 0.1) is 0 Å². The maximum atomic E-state index is 11.5. The standard InChI is InChI=1S/C9H9Cl2N3O/c10-5-1-7(11)13-8(2-5)14-4-6(12)3-9(14)15/h1-2,6H,3-4,12H2. The molecule has 1 amide bonds. The maximum absolute atomic E-state index is 11.5. The van der Waals surface area contributed by atoms with Gasteiger partial charge in [-0.15, -0.1) is 0 Å². The van der Waals surface area contributed by atoms with Crippen LogP contribution in [0.5, 0.6) is 0 Å². The largest absolute Gasteiger partial charge is 0.326 e. The van der Waals surface area contributed by atoms with E-state index in [-0.39, 0.29) is 17.1 Å². The molecule has 1 saturated heterocycles. The van der Waals surface area contributed by atoms with Crippen molar-refractivity contribution in [3.63, 3.8) is 0 Å². The van der Waals surface area contributed by atoms with Crippen LogP contribution < -0.4 is 10.6 Å². The number of rotatable bonds is 1. The van der Waals surface area contributed by atoms with Gasteiger partial charge in [-0.3, -0.25) is 9.69 Å². The number of carbonyl (C=O) groups excluding carboxylic acids is 1. The van der Waals surface area contributed by atoms with Gasteiger partial charge >= 0.3 is 0 Å². The molecule has 80 valence electrons. The van der Waals surface area contributed by atoms with Crippen LogP contribution in [-0.2, 0) is 4.79 Å². The third-order valence-electron chi connectivity index (χ3n) is 2.18. The lowest BCUT2D eigenvalue weighted by Gasteiger charge is -2.15. The summed E-state index contributed by atoms with van der Waals surface area (Å²) in [5.74, 6) is 0.416. The summed E-state index contributed by atoms with van der Waals surface area (Å²) in [5.41, 5.74) is 5.67. The summed E-state index contributed by atoms with van der Waals surface area (Å²) in [6.07, 6.45) is 0.339. The molecular formula is C9H9Cl2N3O. The minimum Gasteiger partial charge on any atom is -0.326 e. The van der Waals surface area contributed by atoms with Crippen molar-refractivity contribution in [1.82, 2.24) is 4.98 Å². The summed E-state index contributed by atoms with van der Waals surface area (Å²) in [6, 6.07) is 2.98. The molecule has 1 fully saturated rings. The van der Waals surface area contributed by atoms with E-state index in [2.05, 4.69) is 4.98 Å². The molecule has 0 aliphatic carbocycles. The third-order valence-corrected chi connectivity index (χ3v) is 2.59. The average molecular weight is 246 g/mol. The number of nitrogens with zero attached hydrogens (tertiary/aromatic N) is 2. The van der Waals surface area contributed by atoms with Crippen molar-refractivity contribution in [2.75, 3.05) is 11.4 Å². The van der Waals surface area contributed by atoms with E-state index in [1.807, 2.05) is 0 Å². The van der Waals surface area contributed by atoms with E-state index in [9.17, 15) is 4.79 Å². The summed E-state index contributed by atoms with van der Waals surface area (Å²) >= 11 is 11.6. The second-order valence-corrected chi connectivity index (χ2v) is 4.26. The van der Waals surface area contributed by atoms with Gasteiger partial charge in [0.25, 0.3) is 0 Å². The van der Waals surface area contributed by atoms with Crippen LogP contribution in [0.1, 0.15) is 6.42 Å². The van der Waals surface area contributed by atoms with E-state index in [4.69, 9.17) is 28.9 Å². The van der Waals surface area contributed by atoms with Crippen LogP contribution in [0.25, 0.3) is 0 Å². The number of carbonyl (C=O) groups is 1. The molecule has 0 bridgehead atoms. The van der Waals surface area contributed by atoms with Crippen molar-refractivity contribution in [1.29, 1.82) is 0 Å². The fourth-order valence-electron chi connectivity index (χ4n) is 1.55. The number of amides is 1. The van der Waals surface area contributed by atoms with Crippen molar-refractivity contribution in [2.45, 2.75) is 12.5 Å². The summed E-state index contributed by atoms with van der Waals surface area (Å²) in [4.78, 5) is 17.1. The molecule has 2 rings (SSSR count). The van der Waals surface area contributed by atoms with Gasteiger partial charge in [-0.1, -0.05) is 23.2 Å². The molecule has 1 atom stereocenters. The van der Waals surface area contributed by atoms with E-state index in [0.717, 1.165) is 0 Å². The monoisotopic (exact) mass is 245 g/mol. The Kier molecular flexibility index (Phi) is 2.82. The quantitative estimate of drug-likeness (QED) is 0.763. The van der Waals surface area contributed by atoms with Gasteiger partial charge in [0.15, 0.2) is 0 Å². The zero-order valence-electron chi connectivity index (χ0n) is 7.78. The van der Waals surface area contributed by atoms with Crippen LogP contribution >= 0.6 is 23.2 Å².